The molecular weight excluding hydrogens is 310 g/mol. The van der Waals surface area contributed by atoms with Gasteiger partial charge in [-0.3, -0.25) is 0 Å². The van der Waals surface area contributed by atoms with Crippen LogP contribution in [0.5, 0.6) is 0 Å². The Morgan fingerprint density at radius 2 is 2.17 bits per heavy atom. The second kappa shape index (κ2) is 6.04. The van der Waals surface area contributed by atoms with Gasteiger partial charge in [-0.2, -0.15) is 0 Å². The van der Waals surface area contributed by atoms with E-state index in [0.29, 0.717) is 0 Å². The molecule has 2 aromatic rings. The van der Waals surface area contributed by atoms with Crippen molar-refractivity contribution in [1.82, 2.24) is 5.32 Å². The third kappa shape index (κ3) is 3.05. The molecule has 0 fully saturated rings. The Morgan fingerprint density at radius 1 is 1.39 bits per heavy atom. The molecule has 2 heterocycles. The summed E-state index contributed by atoms with van der Waals surface area (Å²) in [7, 11) is 0. The van der Waals surface area contributed by atoms with Gasteiger partial charge in [0.15, 0.2) is 4.67 Å². The molecule has 0 aromatic carbocycles. The molecule has 4 heteroatoms. The molecule has 0 saturated heterocycles. The highest BCUT2D eigenvalue weighted by Crippen LogP contribution is 2.32. The van der Waals surface area contributed by atoms with Crippen LogP contribution in [0.3, 0.4) is 0 Å². The van der Waals surface area contributed by atoms with Crippen LogP contribution in [0.25, 0.3) is 0 Å². The molecule has 98 valence electrons. The summed E-state index contributed by atoms with van der Waals surface area (Å²) in [5.41, 5.74) is 1.33. The fraction of sp³-hybridized carbons (Fsp3) is 0.429. The van der Waals surface area contributed by atoms with Gasteiger partial charge >= 0.3 is 0 Å². The fourth-order valence-corrected chi connectivity index (χ4v) is 3.36. The van der Waals surface area contributed by atoms with Crippen LogP contribution < -0.4 is 5.32 Å². The first-order valence-electron chi connectivity index (χ1n) is 6.17. The van der Waals surface area contributed by atoms with Gasteiger partial charge < -0.3 is 9.73 Å². The molecule has 0 saturated carbocycles. The number of rotatable bonds is 5. The molecule has 0 radical (unpaired) electrons. The summed E-state index contributed by atoms with van der Waals surface area (Å²) in [5.74, 6) is 0.969. The van der Waals surface area contributed by atoms with E-state index in [4.69, 9.17) is 4.42 Å². The standard InChI is InChI=1S/C14H18BrNOS/c1-4-7-16-14(12-5-6-13(15)17-12)11-8-9(2)18-10(11)3/h5-6,8,14,16H,4,7H2,1-3H3. The normalized spacial score (nSPS) is 12.9. The van der Waals surface area contributed by atoms with E-state index in [0.717, 1.165) is 23.4 Å². The third-order valence-electron chi connectivity index (χ3n) is 2.87. The van der Waals surface area contributed by atoms with Gasteiger partial charge in [0.25, 0.3) is 0 Å². The molecule has 1 atom stereocenters. The minimum absolute atomic E-state index is 0.154. The van der Waals surface area contributed by atoms with Crippen molar-refractivity contribution >= 4 is 27.3 Å². The molecule has 0 aliphatic rings. The maximum absolute atomic E-state index is 5.72. The topological polar surface area (TPSA) is 25.2 Å². The molecule has 1 unspecified atom stereocenters. The van der Waals surface area contributed by atoms with Gasteiger partial charge in [-0.1, -0.05) is 6.92 Å². The third-order valence-corrected chi connectivity index (χ3v) is 4.28. The predicted molar refractivity (Wildman–Crippen MR) is 80.3 cm³/mol. The Morgan fingerprint density at radius 3 is 2.67 bits per heavy atom. The lowest BCUT2D eigenvalue weighted by Gasteiger charge is -2.16. The Bertz CT molecular complexity index is 518. The molecule has 2 nitrogen and oxygen atoms in total. The lowest BCUT2D eigenvalue weighted by molar-refractivity contribution is 0.432. The minimum Gasteiger partial charge on any atom is -0.452 e. The van der Waals surface area contributed by atoms with Gasteiger partial charge in [0.2, 0.25) is 0 Å². The maximum atomic E-state index is 5.72. The zero-order valence-electron chi connectivity index (χ0n) is 10.9. The highest BCUT2D eigenvalue weighted by molar-refractivity contribution is 9.10. The highest BCUT2D eigenvalue weighted by Gasteiger charge is 2.20. The van der Waals surface area contributed by atoms with Crippen LogP contribution >= 0.6 is 27.3 Å². The van der Waals surface area contributed by atoms with Crippen molar-refractivity contribution in [2.24, 2.45) is 0 Å². The first-order chi connectivity index (χ1) is 8.61. The Balaban J connectivity index is 2.33. The van der Waals surface area contributed by atoms with Crippen LogP contribution in [-0.4, -0.2) is 6.54 Å². The summed E-state index contributed by atoms with van der Waals surface area (Å²) in [6.45, 7) is 7.48. The van der Waals surface area contributed by atoms with E-state index in [-0.39, 0.29) is 6.04 Å². The fourth-order valence-electron chi connectivity index (χ4n) is 2.07. The van der Waals surface area contributed by atoms with Crippen LogP contribution in [0.2, 0.25) is 0 Å². The molecule has 0 spiro atoms. The second-order valence-corrected chi connectivity index (χ2v) is 6.64. The van der Waals surface area contributed by atoms with Crippen molar-refractivity contribution in [1.29, 1.82) is 0 Å². The average Bonchev–Trinajstić information content (AvgIpc) is 2.87. The number of furan rings is 1. The van der Waals surface area contributed by atoms with Crippen molar-refractivity contribution in [2.75, 3.05) is 6.54 Å². The molecule has 0 aliphatic carbocycles. The molecule has 0 aliphatic heterocycles. The summed E-state index contributed by atoms with van der Waals surface area (Å²) >= 11 is 5.21. The number of aryl methyl sites for hydroxylation is 2. The monoisotopic (exact) mass is 327 g/mol. The van der Waals surface area contributed by atoms with Gasteiger partial charge in [0.1, 0.15) is 5.76 Å². The number of thiophene rings is 1. The average molecular weight is 328 g/mol. The van der Waals surface area contributed by atoms with Crippen LogP contribution in [0.1, 0.15) is 40.5 Å². The summed E-state index contributed by atoms with van der Waals surface area (Å²) in [4.78, 5) is 2.70. The van der Waals surface area contributed by atoms with E-state index in [1.165, 1.54) is 15.3 Å². The van der Waals surface area contributed by atoms with E-state index in [9.17, 15) is 0 Å². The number of hydrogen-bond donors (Lipinski definition) is 1. The van der Waals surface area contributed by atoms with E-state index in [1.807, 2.05) is 23.5 Å². The van der Waals surface area contributed by atoms with Crippen molar-refractivity contribution in [3.05, 3.63) is 43.9 Å². The van der Waals surface area contributed by atoms with Crippen molar-refractivity contribution in [3.8, 4) is 0 Å². The van der Waals surface area contributed by atoms with Crippen LogP contribution in [-0.2, 0) is 0 Å². The molecular formula is C14H18BrNOS. The number of nitrogens with one attached hydrogen (secondary N) is 1. The van der Waals surface area contributed by atoms with E-state index in [1.54, 1.807) is 0 Å². The summed E-state index contributed by atoms with van der Waals surface area (Å²) in [5, 5.41) is 3.56. The van der Waals surface area contributed by atoms with Gasteiger partial charge in [-0.15, -0.1) is 11.3 Å². The Hall–Kier alpha value is -0.580. The van der Waals surface area contributed by atoms with Crippen LogP contribution in [0, 0.1) is 13.8 Å². The smallest absolute Gasteiger partial charge is 0.169 e. The van der Waals surface area contributed by atoms with E-state index in [2.05, 4.69) is 48.1 Å². The minimum atomic E-state index is 0.154. The van der Waals surface area contributed by atoms with Gasteiger partial charge in [-0.05, 0) is 66.5 Å². The summed E-state index contributed by atoms with van der Waals surface area (Å²) in [6, 6.07) is 6.39. The van der Waals surface area contributed by atoms with E-state index < -0.39 is 0 Å². The Kier molecular flexibility index (Phi) is 4.65. The molecule has 18 heavy (non-hydrogen) atoms. The largest absolute Gasteiger partial charge is 0.452 e. The van der Waals surface area contributed by atoms with Crippen LogP contribution in [0.4, 0.5) is 0 Å². The molecule has 2 aromatic heterocycles. The van der Waals surface area contributed by atoms with Crippen molar-refractivity contribution in [2.45, 2.75) is 33.2 Å². The lowest BCUT2D eigenvalue weighted by Crippen LogP contribution is -2.22. The molecule has 2 rings (SSSR count). The summed E-state index contributed by atoms with van der Waals surface area (Å²) < 4.78 is 6.50. The van der Waals surface area contributed by atoms with Gasteiger partial charge in [0, 0.05) is 9.75 Å². The SMILES string of the molecule is CCCNC(c1ccc(Br)o1)c1cc(C)sc1C. The van der Waals surface area contributed by atoms with Crippen molar-refractivity contribution < 1.29 is 4.42 Å². The molecule has 0 amide bonds. The van der Waals surface area contributed by atoms with Crippen LogP contribution in [0.15, 0.2) is 27.3 Å². The second-order valence-electron chi connectivity index (χ2n) is 4.40. The quantitative estimate of drug-likeness (QED) is 0.852. The highest BCUT2D eigenvalue weighted by atomic mass is 79.9. The molecule has 1 N–H and O–H groups in total. The van der Waals surface area contributed by atoms with Crippen molar-refractivity contribution in [3.63, 3.8) is 0 Å². The zero-order valence-corrected chi connectivity index (χ0v) is 13.3. The van der Waals surface area contributed by atoms with Gasteiger partial charge in [0.05, 0.1) is 6.04 Å². The zero-order chi connectivity index (χ0) is 13.1. The van der Waals surface area contributed by atoms with E-state index >= 15 is 0 Å². The molecule has 0 bridgehead atoms. The first-order valence-corrected chi connectivity index (χ1v) is 7.78. The number of halogens is 1. The first kappa shape index (κ1) is 13.8. The maximum Gasteiger partial charge on any atom is 0.169 e. The lowest BCUT2D eigenvalue weighted by atomic mass is 10.1. The Labute approximate surface area is 121 Å². The number of hydrogen-bond acceptors (Lipinski definition) is 3. The van der Waals surface area contributed by atoms with Gasteiger partial charge in [-0.25, -0.2) is 0 Å². The predicted octanol–water partition coefficient (Wildman–Crippen LogP) is 4.81. The summed E-state index contributed by atoms with van der Waals surface area (Å²) in [6.07, 6.45) is 1.11.